The molecular weight excluding hydrogens is 276 g/mol. The minimum Gasteiger partial charge on any atom is -0.398 e. The summed E-state index contributed by atoms with van der Waals surface area (Å²) in [5.41, 5.74) is 8.02. The second kappa shape index (κ2) is 6.56. The molecule has 20 heavy (non-hydrogen) atoms. The van der Waals surface area contributed by atoms with Crippen LogP contribution >= 0.6 is 0 Å². The van der Waals surface area contributed by atoms with Crippen molar-refractivity contribution in [2.75, 3.05) is 25.9 Å². The zero-order valence-corrected chi connectivity index (χ0v) is 13.6. The molecule has 114 valence electrons. The lowest BCUT2D eigenvalue weighted by Gasteiger charge is -2.19. The Hall–Kier alpha value is -1.11. The number of ether oxygens (including phenoxy) is 1. The summed E-state index contributed by atoms with van der Waals surface area (Å²) in [6, 6.07) is 3.32. The van der Waals surface area contributed by atoms with Crippen LogP contribution in [0.5, 0.6) is 0 Å². The summed E-state index contributed by atoms with van der Waals surface area (Å²) in [7, 11) is -2.04. The first-order chi connectivity index (χ1) is 9.16. The highest BCUT2D eigenvalue weighted by Gasteiger charge is 2.23. The van der Waals surface area contributed by atoms with Gasteiger partial charge in [0.15, 0.2) is 0 Å². The fourth-order valence-electron chi connectivity index (χ4n) is 1.74. The van der Waals surface area contributed by atoms with Crippen LogP contribution in [-0.4, -0.2) is 39.0 Å². The van der Waals surface area contributed by atoms with E-state index in [0.29, 0.717) is 13.2 Å². The first kappa shape index (κ1) is 16.9. The van der Waals surface area contributed by atoms with Crippen LogP contribution in [0, 0.1) is 13.8 Å². The molecule has 0 atom stereocenters. The van der Waals surface area contributed by atoms with Gasteiger partial charge < -0.3 is 10.5 Å². The van der Waals surface area contributed by atoms with Gasteiger partial charge >= 0.3 is 0 Å². The van der Waals surface area contributed by atoms with Crippen molar-refractivity contribution in [3.05, 3.63) is 23.3 Å². The number of nitrogen functional groups attached to an aromatic ring is 1. The van der Waals surface area contributed by atoms with E-state index in [9.17, 15) is 8.42 Å². The van der Waals surface area contributed by atoms with Crippen molar-refractivity contribution in [3.8, 4) is 0 Å². The molecule has 0 fully saturated rings. The predicted octanol–water partition coefficient (Wildman–Crippen LogP) is 1.93. The number of anilines is 1. The largest absolute Gasteiger partial charge is 0.398 e. The van der Waals surface area contributed by atoms with Crippen LogP contribution in [0.1, 0.15) is 25.0 Å². The maximum Gasteiger partial charge on any atom is 0.244 e. The van der Waals surface area contributed by atoms with Crippen LogP contribution in [0.15, 0.2) is 17.0 Å². The predicted molar refractivity (Wildman–Crippen MR) is 81.2 cm³/mol. The number of nitrogens with two attached hydrogens (primary N) is 1. The van der Waals surface area contributed by atoms with E-state index < -0.39 is 10.0 Å². The number of benzene rings is 1. The van der Waals surface area contributed by atoms with E-state index in [1.54, 1.807) is 12.1 Å². The smallest absolute Gasteiger partial charge is 0.244 e. The van der Waals surface area contributed by atoms with Crippen molar-refractivity contribution in [1.82, 2.24) is 4.31 Å². The quantitative estimate of drug-likeness (QED) is 0.815. The Morgan fingerprint density at radius 3 is 2.35 bits per heavy atom. The topological polar surface area (TPSA) is 72.6 Å². The molecular formula is C14H24N2O3S. The standard InChI is InChI=1S/C14H24N2O3S/c1-10(2)19-7-6-16(5)20(17,18)14-9-12(4)11(3)8-13(14)15/h8-10H,6-7,15H2,1-5H3. The molecule has 6 heteroatoms. The van der Waals surface area contributed by atoms with Crippen molar-refractivity contribution in [2.24, 2.45) is 0 Å². The highest BCUT2D eigenvalue weighted by atomic mass is 32.2. The van der Waals surface area contributed by atoms with Gasteiger partial charge in [-0.05, 0) is 51.0 Å². The first-order valence-electron chi connectivity index (χ1n) is 6.61. The zero-order valence-electron chi connectivity index (χ0n) is 12.8. The van der Waals surface area contributed by atoms with Crippen molar-refractivity contribution < 1.29 is 13.2 Å². The number of nitrogens with zero attached hydrogens (tertiary/aromatic N) is 1. The lowest BCUT2D eigenvalue weighted by Crippen LogP contribution is -2.31. The zero-order chi connectivity index (χ0) is 15.5. The van der Waals surface area contributed by atoms with Gasteiger partial charge in [0.05, 0.1) is 18.4 Å². The Bertz CT molecular complexity index is 568. The molecule has 0 aliphatic heterocycles. The molecule has 0 spiro atoms. The van der Waals surface area contributed by atoms with Crippen LogP contribution in [0.2, 0.25) is 0 Å². The fraction of sp³-hybridized carbons (Fsp3) is 0.571. The first-order valence-corrected chi connectivity index (χ1v) is 8.05. The second-order valence-corrected chi connectivity index (χ2v) is 7.23. The SMILES string of the molecule is Cc1cc(N)c(S(=O)(=O)N(C)CCOC(C)C)cc1C. The highest BCUT2D eigenvalue weighted by molar-refractivity contribution is 7.89. The third-order valence-electron chi connectivity index (χ3n) is 3.17. The molecule has 1 aromatic rings. The fourth-order valence-corrected chi connectivity index (χ4v) is 3.07. The maximum absolute atomic E-state index is 12.5. The van der Waals surface area contributed by atoms with Gasteiger partial charge in [-0.3, -0.25) is 0 Å². The lowest BCUT2D eigenvalue weighted by molar-refractivity contribution is 0.0737. The number of hydrogen-bond donors (Lipinski definition) is 1. The number of sulfonamides is 1. The molecule has 0 heterocycles. The lowest BCUT2D eigenvalue weighted by atomic mass is 10.1. The summed E-state index contributed by atoms with van der Waals surface area (Å²) in [6.45, 7) is 8.26. The molecule has 0 radical (unpaired) electrons. The minimum absolute atomic E-state index is 0.0813. The molecule has 0 saturated heterocycles. The average Bonchev–Trinajstić information content (AvgIpc) is 2.32. The molecule has 0 saturated carbocycles. The summed E-state index contributed by atoms with van der Waals surface area (Å²) in [5.74, 6) is 0. The Kier molecular flexibility index (Phi) is 5.56. The van der Waals surface area contributed by atoms with E-state index in [-0.39, 0.29) is 16.7 Å². The van der Waals surface area contributed by atoms with Gasteiger partial charge in [-0.15, -0.1) is 0 Å². The van der Waals surface area contributed by atoms with Crippen LogP contribution in [0.4, 0.5) is 5.69 Å². The second-order valence-electron chi connectivity index (χ2n) is 5.22. The van der Waals surface area contributed by atoms with Gasteiger partial charge in [0.1, 0.15) is 4.90 Å². The van der Waals surface area contributed by atoms with E-state index in [4.69, 9.17) is 10.5 Å². The van der Waals surface area contributed by atoms with Crippen LogP contribution in [0.3, 0.4) is 0 Å². The number of aryl methyl sites for hydroxylation is 2. The van der Waals surface area contributed by atoms with Gasteiger partial charge in [0.25, 0.3) is 0 Å². The summed E-state index contributed by atoms with van der Waals surface area (Å²) in [6.07, 6.45) is 0.0813. The third-order valence-corrected chi connectivity index (χ3v) is 5.08. The van der Waals surface area contributed by atoms with E-state index in [1.807, 2.05) is 27.7 Å². The maximum atomic E-state index is 12.5. The molecule has 0 aliphatic rings. The van der Waals surface area contributed by atoms with Gasteiger partial charge in [-0.1, -0.05) is 0 Å². The van der Waals surface area contributed by atoms with E-state index in [1.165, 1.54) is 11.4 Å². The van der Waals surface area contributed by atoms with Gasteiger partial charge in [0, 0.05) is 13.6 Å². The highest BCUT2D eigenvalue weighted by Crippen LogP contribution is 2.25. The summed E-state index contributed by atoms with van der Waals surface area (Å²) < 4.78 is 31.6. The molecule has 0 aromatic heterocycles. The van der Waals surface area contributed by atoms with Gasteiger partial charge in [-0.2, -0.15) is 4.31 Å². The Morgan fingerprint density at radius 2 is 1.80 bits per heavy atom. The van der Waals surface area contributed by atoms with Crippen molar-refractivity contribution in [1.29, 1.82) is 0 Å². The molecule has 5 nitrogen and oxygen atoms in total. The number of rotatable bonds is 6. The van der Waals surface area contributed by atoms with Crippen LogP contribution < -0.4 is 5.73 Å². The van der Waals surface area contributed by atoms with Crippen LogP contribution in [0.25, 0.3) is 0 Å². The van der Waals surface area contributed by atoms with Crippen molar-refractivity contribution >= 4 is 15.7 Å². The summed E-state index contributed by atoms with van der Waals surface area (Å²) in [5, 5.41) is 0. The molecule has 0 bridgehead atoms. The molecule has 1 rings (SSSR count). The van der Waals surface area contributed by atoms with E-state index in [2.05, 4.69) is 0 Å². The third kappa shape index (κ3) is 3.94. The molecule has 1 aromatic carbocycles. The molecule has 2 N–H and O–H groups in total. The van der Waals surface area contributed by atoms with Crippen LogP contribution in [-0.2, 0) is 14.8 Å². The average molecular weight is 300 g/mol. The van der Waals surface area contributed by atoms with E-state index >= 15 is 0 Å². The molecule has 0 amide bonds. The number of likely N-dealkylation sites (N-methyl/N-ethyl adjacent to an activating group) is 1. The molecule has 0 aliphatic carbocycles. The number of hydrogen-bond acceptors (Lipinski definition) is 4. The minimum atomic E-state index is -3.58. The van der Waals surface area contributed by atoms with Crippen molar-refractivity contribution in [3.63, 3.8) is 0 Å². The summed E-state index contributed by atoms with van der Waals surface area (Å²) in [4.78, 5) is 0.160. The normalized spacial score (nSPS) is 12.3. The Morgan fingerprint density at radius 1 is 1.25 bits per heavy atom. The van der Waals surface area contributed by atoms with E-state index in [0.717, 1.165) is 11.1 Å². The monoisotopic (exact) mass is 300 g/mol. The summed E-state index contributed by atoms with van der Waals surface area (Å²) >= 11 is 0. The van der Waals surface area contributed by atoms with Crippen molar-refractivity contribution in [2.45, 2.75) is 38.7 Å². The Labute approximate surface area is 121 Å². The van der Waals surface area contributed by atoms with Gasteiger partial charge in [-0.25, -0.2) is 8.42 Å². The Balaban J connectivity index is 2.96. The molecule has 0 unspecified atom stereocenters. The van der Waals surface area contributed by atoms with Gasteiger partial charge in [0.2, 0.25) is 10.0 Å².